The van der Waals surface area contributed by atoms with Gasteiger partial charge in [-0.3, -0.25) is 10.3 Å². The van der Waals surface area contributed by atoms with E-state index < -0.39 is 0 Å². The van der Waals surface area contributed by atoms with E-state index in [2.05, 4.69) is 39.0 Å². The Morgan fingerprint density at radius 3 is 2.68 bits per heavy atom. The summed E-state index contributed by atoms with van der Waals surface area (Å²) in [6, 6.07) is 16.7. The third-order valence-electron chi connectivity index (χ3n) is 5.68. The van der Waals surface area contributed by atoms with Crippen molar-refractivity contribution in [2.45, 2.75) is 32.6 Å². The molecule has 0 atom stereocenters. The van der Waals surface area contributed by atoms with Crippen molar-refractivity contribution in [1.82, 2.24) is 4.98 Å². The zero-order valence-electron chi connectivity index (χ0n) is 15.6. The molecule has 0 fully saturated rings. The van der Waals surface area contributed by atoms with Crippen molar-refractivity contribution in [3.8, 4) is 6.07 Å². The normalized spacial score (nSPS) is 13.5. The van der Waals surface area contributed by atoms with Gasteiger partial charge in [0.15, 0.2) is 0 Å². The molecule has 0 radical (unpaired) electrons. The van der Waals surface area contributed by atoms with Crippen LogP contribution < -0.4 is 9.72 Å². The van der Waals surface area contributed by atoms with Crippen LogP contribution in [0, 0.1) is 18.3 Å². The number of imidazole rings is 1. The minimum absolute atomic E-state index is 0.743. The van der Waals surface area contributed by atoms with Gasteiger partial charge in [-0.25, -0.2) is 0 Å². The Hall–Kier alpha value is -3.03. The third-order valence-corrected chi connectivity index (χ3v) is 6.09. The van der Waals surface area contributed by atoms with Crippen molar-refractivity contribution in [1.29, 1.82) is 5.26 Å². The van der Waals surface area contributed by atoms with Gasteiger partial charge in [0.05, 0.1) is 5.69 Å². The minimum Gasteiger partial charge on any atom is -0.273 e. The Morgan fingerprint density at radius 2 is 1.89 bits per heavy atom. The number of aryl methyl sites for hydroxylation is 1. The lowest BCUT2D eigenvalue weighted by atomic mass is 9.89. The molecule has 138 valence electrons. The summed E-state index contributed by atoms with van der Waals surface area (Å²) in [7, 11) is 0. The second-order valence-electron chi connectivity index (χ2n) is 7.41. The molecule has 0 bridgehead atoms. The number of aromatic amines is 1. The number of rotatable bonds is 2. The molecule has 4 nitrogen and oxygen atoms in total. The Bertz CT molecular complexity index is 1280. The zero-order valence-corrected chi connectivity index (χ0v) is 16.4. The number of hydrogen-bond donors (Lipinski definition) is 2. The van der Waals surface area contributed by atoms with Crippen molar-refractivity contribution in [3.63, 3.8) is 0 Å². The molecule has 0 unspecified atom stereocenters. The van der Waals surface area contributed by atoms with Gasteiger partial charge in [-0.2, -0.15) is 9.66 Å². The van der Waals surface area contributed by atoms with Crippen LogP contribution in [0.5, 0.6) is 0 Å². The first-order chi connectivity index (χ1) is 13.7. The third kappa shape index (κ3) is 2.55. The number of hydrogen-bond acceptors (Lipinski definition) is 2. The molecule has 0 spiro atoms. The lowest BCUT2D eigenvalue weighted by Gasteiger charge is -2.19. The topological polar surface area (TPSA) is 55.7 Å². The van der Waals surface area contributed by atoms with Gasteiger partial charge >= 0.3 is 0 Å². The van der Waals surface area contributed by atoms with Crippen LogP contribution >= 0.6 is 11.6 Å². The van der Waals surface area contributed by atoms with Crippen molar-refractivity contribution >= 4 is 39.8 Å². The second kappa shape index (κ2) is 6.54. The van der Waals surface area contributed by atoms with Gasteiger partial charge in [-0.05, 0) is 68.0 Å². The number of H-pyrrole nitrogens is 1. The van der Waals surface area contributed by atoms with E-state index in [0.29, 0.717) is 0 Å². The number of aromatic nitrogens is 2. The van der Waals surface area contributed by atoms with Gasteiger partial charge in [-0.15, -0.1) is 0 Å². The summed E-state index contributed by atoms with van der Waals surface area (Å²) in [6.45, 7) is 2.00. The van der Waals surface area contributed by atoms with Crippen molar-refractivity contribution < 1.29 is 4.40 Å². The number of fused-ring (bicyclic) bond motifs is 4. The van der Waals surface area contributed by atoms with E-state index >= 15 is 0 Å². The first-order valence-corrected chi connectivity index (χ1v) is 9.98. The molecule has 2 N–H and O–H groups in total. The highest BCUT2D eigenvalue weighted by Gasteiger charge is 2.29. The average molecular weight is 388 g/mol. The number of halogens is 1. The number of nitriles is 1. The van der Waals surface area contributed by atoms with Crippen LogP contribution in [-0.4, -0.2) is 4.98 Å². The minimum atomic E-state index is 0.743. The molecule has 2 heterocycles. The fraction of sp³-hybridized carbons (Fsp3) is 0.217. The summed E-state index contributed by atoms with van der Waals surface area (Å²) in [6.07, 6.45) is 4.16. The molecule has 2 aromatic heterocycles. The number of para-hydroxylation sites is 2. The van der Waals surface area contributed by atoms with Crippen LogP contribution in [0.2, 0.25) is 5.02 Å². The summed E-state index contributed by atoms with van der Waals surface area (Å²) in [5.74, 6) is 1.03. The van der Waals surface area contributed by atoms with E-state index in [1.165, 1.54) is 11.1 Å². The number of benzene rings is 2. The molecular weight excluding hydrogens is 368 g/mol. The van der Waals surface area contributed by atoms with Gasteiger partial charge in [0.2, 0.25) is 11.5 Å². The summed E-state index contributed by atoms with van der Waals surface area (Å²) < 4.78 is 2.16. The maximum Gasteiger partial charge on any atom is 0.250 e. The van der Waals surface area contributed by atoms with Gasteiger partial charge in [0, 0.05) is 10.6 Å². The van der Waals surface area contributed by atoms with Crippen molar-refractivity contribution in [2.75, 3.05) is 5.32 Å². The van der Waals surface area contributed by atoms with Crippen LogP contribution in [-0.2, 0) is 12.8 Å². The molecule has 0 saturated carbocycles. The molecule has 1 aliphatic rings. The van der Waals surface area contributed by atoms with E-state index in [9.17, 15) is 5.26 Å². The standard InChI is InChI=1S/C23H19ClN4/c1-14-10-11-15(12-19(14)24)26-22-17-7-3-2-6-16(17)18(13-25)23-27-20-8-4-5-9-21(20)28(22)23/h4-5,8-12H,2-3,6-7H2,1H3,(H,26,27)/p+1. The highest BCUT2D eigenvalue weighted by molar-refractivity contribution is 6.31. The monoisotopic (exact) mass is 387 g/mol. The zero-order chi connectivity index (χ0) is 19.3. The van der Waals surface area contributed by atoms with E-state index in [1.54, 1.807) is 0 Å². The quantitative estimate of drug-likeness (QED) is 0.455. The highest BCUT2D eigenvalue weighted by Crippen LogP contribution is 2.33. The van der Waals surface area contributed by atoms with E-state index in [1.807, 2.05) is 31.2 Å². The fourth-order valence-electron chi connectivity index (χ4n) is 4.26. The molecule has 5 rings (SSSR count). The second-order valence-corrected chi connectivity index (χ2v) is 7.82. The van der Waals surface area contributed by atoms with Crippen LogP contribution in [0.15, 0.2) is 42.5 Å². The lowest BCUT2D eigenvalue weighted by molar-refractivity contribution is -0.465. The summed E-state index contributed by atoms with van der Waals surface area (Å²) in [5.41, 5.74) is 8.10. The number of pyridine rings is 1. The van der Waals surface area contributed by atoms with E-state index in [-0.39, 0.29) is 0 Å². The van der Waals surface area contributed by atoms with Crippen molar-refractivity contribution in [3.05, 3.63) is 69.7 Å². The maximum absolute atomic E-state index is 9.94. The largest absolute Gasteiger partial charge is 0.273 e. The highest BCUT2D eigenvalue weighted by atomic mass is 35.5. The molecule has 4 aromatic rings. The fourth-order valence-corrected chi connectivity index (χ4v) is 4.44. The summed E-state index contributed by atoms with van der Waals surface area (Å²) in [4.78, 5) is 3.47. The molecule has 28 heavy (non-hydrogen) atoms. The number of anilines is 2. The summed E-state index contributed by atoms with van der Waals surface area (Å²) in [5, 5.41) is 14.3. The van der Waals surface area contributed by atoms with Gasteiger partial charge in [0.1, 0.15) is 22.7 Å². The predicted molar refractivity (Wildman–Crippen MR) is 112 cm³/mol. The maximum atomic E-state index is 9.94. The predicted octanol–water partition coefficient (Wildman–Crippen LogP) is 5.36. The first-order valence-electron chi connectivity index (χ1n) is 9.61. The average Bonchev–Trinajstić information content (AvgIpc) is 3.10. The Kier molecular flexibility index (Phi) is 3.99. The van der Waals surface area contributed by atoms with Gasteiger partial charge in [-0.1, -0.05) is 29.8 Å². The van der Waals surface area contributed by atoms with Crippen molar-refractivity contribution in [2.24, 2.45) is 0 Å². The molecule has 5 heteroatoms. The van der Waals surface area contributed by atoms with Crippen LogP contribution in [0.3, 0.4) is 0 Å². The molecule has 0 aliphatic heterocycles. The Labute approximate surface area is 168 Å². The van der Waals surface area contributed by atoms with E-state index in [4.69, 9.17) is 11.6 Å². The number of nitrogens with zero attached hydrogens (tertiary/aromatic N) is 2. The first kappa shape index (κ1) is 17.1. The van der Waals surface area contributed by atoms with Crippen LogP contribution in [0.25, 0.3) is 16.7 Å². The molecule has 0 amide bonds. The van der Waals surface area contributed by atoms with Gasteiger partial charge in [0.25, 0.3) is 0 Å². The van der Waals surface area contributed by atoms with Crippen LogP contribution in [0.1, 0.15) is 35.1 Å². The smallest absolute Gasteiger partial charge is 0.250 e. The molecular formula is C23H20ClN4+. The number of nitrogens with one attached hydrogen (secondary N) is 2. The Morgan fingerprint density at radius 1 is 1.11 bits per heavy atom. The molecule has 2 aromatic carbocycles. The molecule has 0 saturated heterocycles. The van der Waals surface area contributed by atoms with Crippen LogP contribution in [0.4, 0.5) is 11.5 Å². The Balaban J connectivity index is 1.85. The van der Waals surface area contributed by atoms with E-state index in [0.717, 1.165) is 70.0 Å². The summed E-state index contributed by atoms with van der Waals surface area (Å²) >= 11 is 6.37. The SMILES string of the molecule is Cc1ccc(Nc2c3c(c(C#N)c4[nH]c5ccccc5[n+]24)CCCC3)cc1Cl. The molecule has 1 aliphatic carbocycles. The lowest BCUT2D eigenvalue weighted by Crippen LogP contribution is -2.30. The van der Waals surface area contributed by atoms with Gasteiger partial charge < -0.3 is 0 Å².